The Bertz CT molecular complexity index is 1480. The fourth-order valence-corrected chi connectivity index (χ4v) is 10.3. The van der Waals surface area contributed by atoms with Crippen molar-refractivity contribution in [1.29, 1.82) is 0 Å². The average Bonchev–Trinajstić information content (AvgIpc) is 3.10. The Kier molecular flexibility index (Phi) is 11.2. The van der Waals surface area contributed by atoms with Crippen LogP contribution in [0.5, 0.6) is 0 Å². The fraction of sp³-hybridized carbons (Fsp3) is 0.636. The predicted octanol–water partition coefficient (Wildman–Crippen LogP) is 9.52. The van der Waals surface area contributed by atoms with Crippen molar-refractivity contribution in [2.45, 2.75) is 136 Å². The van der Waals surface area contributed by atoms with Gasteiger partial charge >= 0.3 is 0 Å². The summed E-state index contributed by atoms with van der Waals surface area (Å²) in [6.07, 6.45) is 16.0. The highest BCUT2D eigenvalue weighted by Gasteiger charge is 2.44. The van der Waals surface area contributed by atoms with E-state index in [2.05, 4.69) is 38.1 Å². The van der Waals surface area contributed by atoms with Crippen molar-refractivity contribution in [1.82, 2.24) is 0 Å². The zero-order valence-corrected chi connectivity index (χ0v) is 29.9. The molecule has 4 heteroatoms. The van der Waals surface area contributed by atoms with Gasteiger partial charge in [0.25, 0.3) is 0 Å². The summed E-state index contributed by atoms with van der Waals surface area (Å²) in [5, 5.41) is 0. The summed E-state index contributed by atoms with van der Waals surface area (Å²) in [5.74, 6) is 2.50. The van der Waals surface area contributed by atoms with Crippen LogP contribution in [0.1, 0.15) is 131 Å². The second kappa shape index (κ2) is 15.3. The smallest absolute Gasteiger partial charge is 0.142 e. The number of aryl methyl sites for hydroxylation is 1. The molecule has 0 amide bonds. The van der Waals surface area contributed by atoms with Crippen LogP contribution in [0.25, 0.3) is 0 Å². The Labute approximate surface area is 289 Å². The normalized spacial score (nSPS) is 27.9. The van der Waals surface area contributed by atoms with Gasteiger partial charge in [0.15, 0.2) is 0 Å². The summed E-state index contributed by atoms with van der Waals surface area (Å²) in [6.45, 7) is 6.06. The van der Waals surface area contributed by atoms with Crippen LogP contribution in [-0.2, 0) is 38.4 Å². The number of ketones is 4. The van der Waals surface area contributed by atoms with E-state index < -0.39 is 5.41 Å². The van der Waals surface area contributed by atoms with Crippen LogP contribution in [-0.4, -0.2) is 23.1 Å². The van der Waals surface area contributed by atoms with Crippen molar-refractivity contribution in [3.63, 3.8) is 0 Å². The molecule has 2 aromatic carbocycles. The van der Waals surface area contributed by atoms with E-state index in [9.17, 15) is 19.2 Å². The monoisotopic (exact) mass is 650 g/mol. The highest BCUT2D eigenvalue weighted by molar-refractivity contribution is 5.97. The predicted molar refractivity (Wildman–Crippen MR) is 192 cm³/mol. The molecule has 0 N–H and O–H groups in total. The highest BCUT2D eigenvalue weighted by atomic mass is 16.1. The average molecular weight is 651 g/mol. The number of benzene rings is 2. The van der Waals surface area contributed by atoms with E-state index in [4.69, 9.17) is 0 Å². The molecule has 2 aromatic rings. The number of Topliss-reactive ketones (excluding diaryl/α,β-unsaturated/α-hetero) is 4. The quantitative estimate of drug-likeness (QED) is 0.243. The summed E-state index contributed by atoms with van der Waals surface area (Å²) in [4.78, 5) is 55.4. The van der Waals surface area contributed by atoms with Crippen molar-refractivity contribution in [2.75, 3.05) is 0 Å². The SMILES string of the molecule is Cc1cccc(CC(=O)CC(C)(CC(=O)C2CCC(C3Cc4ccccc4CC3=O)CC2)C(=O)C2CCC(C3CCCCC3)CC2)c1C. The van der Waals surface area contributed by atoms with Gasteiger partial charge in [-0.05, 0) is 117 Å². The summed E-state index contributed by atoms with van der Waals surface area (Å²) < 4.78 is 0. The highest BCUT2D eigenvalue weighted by Crippen LogP contribution is 2.45. The summed E-state index contributed by atoms with van der Waals surface area (Å²) in [5.41, 5.74) is 4.82. The molecular formula is C44H58O4. The fourth-order valence-electron chi connectivity index (χ4n) is 10.3. The van der Waals surface area contributed by atoms with E-state index in [0.717, 1.165) is 80.8 Å². The van der Waals surface area contributed by atoms with Crippen LogP contribution in [0, 0.1) is 54.8 Å². The van der Waals surface area contributed by atoms with E-state index in [0.29, 0.717) is 24.5 Å². The van der Waals surface area contributed by atoms with E-state index in [1.165, 1.54) is 48.8 Å². The third-order valence-corrected chi connectivity index (χ3v) is 13.4. The van der Waals surface area contributed by atoms with Gasteiger partial charge < -0.3 is 0 Å². The maximum atomic E-state index is 14.5. The van der Waals surface area contributed by atoms with Crippen molar-refractivity contribution >= 4 is 23.1 Å². The number of rotatable bonds is 11. The zero-order chi connectivity index (χ0) is 33.8. The molecule has 2 unspecified atom stereocenters. The van der Waals surface area contributed by atoms with Crippen LogP contribution in [0.15, 0.2) is 42.5 Å². The molecule has 3 fully saturated rings. The maximum Gasteiger partial charge on any atom is 0.142 e. The largest absolute Gasteiger partial charge is 0.299 e. The van der Waals surface area contributed by atoms with E-state index >= 15 is 0 Å². The van der Waals surface area contributed by atoms with Crippen molar-refractivity contribution < 1.29 is 19.2 Å². The van der Waals surface area contributed by atoms with Crippen molar-refractivity contribution in [3.05, 3.63) is 70.3 Å². The number of carbonyl (C=O) groups excluding carboxylic acids is 4. The van der Waals surface area contributed by atoms with E-state index in [1.54, 1.807) is 0 Å². The second-order valence-corrected chi connectivity index (χ2v) is 16.7. The molecular weight excluding hydrogens is 592 g/mol. The lowest BCUT2D eigenvalue weighted by Gasteiger charge is -2.39. The summed E-state index contributed by atoms with van der Waals surface area (Å²) in [7, 11) is 0. The molecule has 4 aliphatic rings. The molecule has 4 aliphatic carbocycles. The molecule has 48 heavy (non-hydrogen) atoms. The summed E-state index contributed by atoms with van der Waals surface area (Å²) in [6, 6.07) is 14.4. The van der Waals surface area contributed by atoms with Crippen molar-refractivity contribution in [3.8, 4) is 0 Å². The first-order valence-corrected chi connectivity index (χ1v) is 19.3. The van der Waals surface area contributed by atoms with E-state index in [-0.39, 0.29) is 47.9 Å². The van der Waals surface area contributed by atoms with Gasteiger partial charge in [-0.15, -0.1) is 0 Å². The molecule has 0 bridgehead atoms. The van der Waals surface area contributed by atoms with Gasteiger partial charge in [-0.25, -0.2) is 0 Å². The number of fused-ring (bicyclic) bond motifs is 1. The molecule has 0 aliphatic heterocycles. The van der Waals surface area contributed by atoms with Gasteiger partial charge in [-0.3, -0.25) is 19.2 Å². The number of hydrogen-bond donors (Lipinski definition) is 0. The minimum atomic E-state index is -0.964. The molecule has 6 rings (SSSR count). The summed E-state index contributed by atoms with van der Waals surface area (Å²) >= 11 is 0. The van der Waals surface area contributed by atoms with Gasteiger partial charge in [0.1, 0.15) is 23.1 Å². The molecule has 3 saturated carbocycles. The Morgan fingerprint density at radius 1 is 0.688 bits per heavy atom. The minimum absolute atomic E-state index is 0.0490. The first-order chi connectivity index (χ1) is 23.1. The third kappa shape index (κ3) is 7.95. The van der Waals surface area contributed by atoms with Gasteiger partial charge in [-0.2, -0.15) is 0 Å². The van der Waals surface area contributed by atoms with Crippen LogP contribution in [0.3, 0.4) is 0 Å². The standard InChI is InChI=1S/C44H58O4/c1-29-10-9-15-36(30(29)2)24-39(45)27-44(3,43(48)35-22-16-32(17-23-35)31-11-5-4-6-12-31)28-42(47)34-20-18-33(19-21-34)40-25-37-13-7-8-14-38(37)26-41(40)46/h7-10,13-15,31-35,40H,4-6,11-12,16-28H2,1-3H3. The molecule has 0 heterocycles. The van der Waals surface area contributed by atoms with Gasteiger partial charge in [-0.1, -0.05) is 81.5 Å². The lowest BCUT2D eigenvalue weighted by molar-refractivity contribution is -0.142. The number of hydrogen-bond acceptors (Lipinski definition) is 4. The molecule has 0 radical (unpaired) electrons. The molecule has 258 valence electrons. The third-order valence-electron chi connectivity index (χ3n) is 13.4. The first kappa shape index (κ1) is 35.0. The van der Waals surface area contributed by atoms with Gasteiger partial charge in [0.05, 0.1) is 0 Å². The lowest BCUT2D eigenvalue weighted by Crippen LogP contribution is -2.41. The molecule has 0 saturated heterocycles. The molecule has 2 atom stereocenters. The molecule has 0 spiro atoms. The number of carbonyl (C=O) groups is 4. The van der Waals surface area contributed by atoms with E-state index in [1.807, 2.05) is 25.1 Å². The second-order valence-electron chi connectivity index (χ2n) is 16.7. The van der Waals surface area contributed by atoms with Crippen LogP contribution >= 0.6 is 0 Å². The van der Waals surface area contributed by atoms with Crippen LogP contribution in [0.2, 0.25) is 0 Å². The van der Waals surface area contributed by atoms with Crippen LogP contribution in [0.4, 0.5) is 0 Å². The topological polar surface area (TPSA) is 68.3 Å². The lowest BCUT2D eigenvalue weighted by atomic mass is 9.64. The minimum Gasteiger partial charge on any atom is -0.299 e. The van der Waals surface area contributed by atoms with Crippen molar-refractivity contribution in [2.24, 2.45) is 40.9 Å². The van der Waals surface area contributed by atoms with Gasteiger partial charge in [0.2, 0.25) is 0 Å². The Morgan fingerprint density at radius 3 is 2.02 bits per heavy atom. The van der Waals surface area contributed by atoms with Gasteiger partial charge in [0, 0.05) is 48.9 Å². The molecule has 0 aromatic heterocycles. The van der Waals surface area contributed by atoms with Crippen LogP contribution < -0.4 is 0 Å². The zero-order valence-electron chi connectivity index (χ0n) is 29.9. The Balaban J connectivity index is 1.11. The Morgan fingerprint density at radius 2 is 1.31 bits per heavy atom. The first-order valence-electron chi connectivity index (χ1n) is 19.3. The maximum absolute atomic E-state index is 14.5. The molecule has 4 nitrogen and oxygen atoms in total. The Hall–Kier alpha value is -2.88.